The highest BCUT2D eigenvalue weighted by Gasteiger charge is 2.27. The van der Waals surface area contributed by atoms with Crippen molar-refractivity contribution in [3.8, 4) is 0 Å². The summed E-state index contributed by atoms with van der Waals surface area (Å²) in [7, 11) is 1.53. The van der Waals surface area contributed by atoms with Crippen LogP contribution in [0.2, 0.25) is 0 Å². The summed E-state index contributed by atoms with van der Waals surface area (Å²) in [6.45, 7) is 2.79. The number of hydrogen-bond acceptors (Lipinski definition) is 5. The van der Waals surface area contributed by atoms with Gasteiger partial charge in [-0.2, -0.15) is 0 Å². The number of hydrogen-bond donors (Lipinski definition) is 4. The molecule has 1 atom stereocenters. The fourth-order valence-corrected chi connectivity index (χ4v) is 3.07. The Morgan fingerprint density at radius 1 is 1.42 bits per heavy atom. The Hall–Kier alpha value is -2.35. The molecule has 1 aliphatic rings. The first-order chi connectivity index (χ1) is 12.3. The van der Waals surface area contributed by atoms with Gasteiger partial charge in [0.1, 0.15) is 5.82 Å². The number of amides is 2. The van der Waals surface area contributed by atoms with Crippen molar-refractivity contribution in [3.05, 3.63) is 23.4 Å². The Kier molecular flexibility index (Phi) is 6.79. The highest BCUT2D eigenvalue weighted by molar-refractivity contribution is 5.74. The van der Waals surface area contributed by atoms with Gasteiger partial charge in [-0.3, -0.25) is 4.79 Å². The first-order valence-corrected chi connectivity index (χ1v) is 8.93. The molecule has 2 heterocycles. The van der Waals surface area contributed by atoms with Crippen LogP contribution in [-0.2, 0) is 17.6 Å². The summed E-state index contributed by atoms with van der Waals surface area (Å²) >= 11 is 0. The van der Waals surface area contributed by atoms with Crippen molar-refractivity contribution in [1.29, 1.82) is 0 Å². The number of aliphatic hydroxyl groups is 1. The summed E-state index contributed by atoms with van der Waals surface area (Å²) in [4.78, 5) is 28.7. The van der Waals surface area contributed by atoms with Crippen molar-refractivity contribution in [2.24, 2.45) is 0 Å². The van der Waals surface area contributed by atoms with Gasteiger partial charge < -0.3 is 25.7 Å². The largest absolute Gasteiger partial charge is 0.481 e. The number of aromatic nitrogens is 1. The summed E-state index contributed by atoms with van der Waals surface area (Å²) in [5.74, 6) is -0.131. The zero-order chi connectivity index (χ0) is 19.2. The molecule has 0 aromatic carbocycles. The number of carbonyl (C=O) groups excluding carboxylic acids is 1. The Labute approximate surface area is 153 Å². The van der Waals surface area contributed by atoms with Gasteiger partial charge in [0.15, 0.2) is 0 Å². The molecule has 0 fully saturated rings. The molecule has 8 nitrogen and oxygen atoms in total. The molecule has 1 unspecified atom stereocenters. The molecule has 0 radical (unpaired) electrons. The van der Waals surface area contributed by atoms with Gasteiger partial charge in [0.05, 0.1) is 18.6 Å². The maximum atomic E-state index is 12.0. The van der Waals surface area contributed by atoms with Crippen LogP contribution < -0.4 is 10.6 Å². The monoisotopic (exact) mass is 364 g/mol. The Bertz CT molecular complexity index is 648. The molecule has 0 spiro atoms. The highest BCUT2D eigenvalue weighted by atomic mass is 16.4. The lowest BCUT2D eigenvalue weighted by atomic mass is 10.0. The molecule has 0 saturated carbocycles. The van der Waals surface area contributed by atoms with Gasteiger partial charge in [-0.1, -0.05) is 6.07 Å². The van der Waals surface area contributed by atoms with Crippen molar-refractivity contribution in [3.63, 3.8) is 0 Å². The van der Waals surface area contributed by atoms with Crippen LogP contribution in [0, 0.1) is 0 Å². The standard InChI is InChI=1S/C18H28N4O4/c1-18(26,11-15(23)24)12-22(2)17(25)20-10-4-6-14-8-7-13-5-3-9-19-16(13)21-14/h7-8,26H,3-6,9-12H2,1-2H3,(H,19,21)(H,20,25)(H,23,24). The second kappa shape index (κ2) is 8.84. The van der Waals surface area contributed by atoms with E-state index in [0.29, 0.717) is 6.54 Å². The summed E-state index contributed by atoms with van der Waals surface area (Å²) in [6, 6.07) is 3.81. The zero-order valence-corrected chi connectivity index (χ0v) is 15.4. The molecule has 8 heteroatoms. The van der Waals surface area contributed by atoms with Gasteiger partial charge in [-0.15, -0.1) is 0 Å². The molecule has 2 rings (SSSR count). The average molecular weight is 364 g/mol. The number of carboxylic acids is 1. The van der Waals surface area contributed by atoms with Gasteiger partial charge >= 0.3 is 12.0 Å². The van der Waals surface area contributed by atoms with E-state index >= 15 is 0 Å². The van der Waals surface area contributed by atoms with Crippen LogP contribution in [0.15, 0.2) is 12.1 Å². The van der Waals surface area contributed by atoms with Crippen molar-refractivity contribution in [1.82, 2.24) is 15.2 Å². The third-order valence-corrected chi connectivity index (χ3v) is 4.29. The molecule has 2 amide bonds. The molecule has 1 aliphatic heterocycles. The third-order valence-electron chi connectivity index (χ3n) is 4.29. The van der Waals surface area contributed by atoms with Crippen LogP contribution in [0.5, 0.6) is 0 Å². The first kappa shape index (κ1) is 20.0. The fourth-order valence-electron chi connectivity index (χ4n) is 3.07. The summed E-state index contributed by atoms with van der Waals surface area (Å²) in [5, 5.41) is 24.9. The predicted octanol–water partition coefficient (Wildman–Crippen LogP) is 1.24. The summed E-state index contributed by atoms with van der Waals surface area (Å²) < 4.78 is 0. The number of nitrogens with zero attached hydrogens (tertiary/aromatic N) is 2. The quantitative estimate of drug-likeness (QED) is 0.516. The fraction of sp³-hybridized carbons (Fsp3) is 0.611. The topological polar surface area (TPSA) is 115 Å². The number of urea groups is 1. The number of nitrogens with one attached hydrogen (secondary N) is 2. The van der Waals surface area contributed by atoms with Gasteiger partial charge in [-0.05, 0) is 44.2 Å². The number of carbonyl (C=O) groups is 2. The third kappa shape index (κ3) is 6.18. The van der Waals surface area contributed by atoms with E-state index in [4.69, 9.17) is 5.11 Å². The van der Waals surface area contributed by atoms with E-state index in [1.165, 1.54) is 24.4 Å². The SMILES string of the molecule is CN(CC(C)(O)CC(=O)O)C(=O)NCCCc1ccc2c(n1)NCCC2. The van der Waals surface area contributed by atoms with Crippen molar-refractivity contribution >= 4 is 17.8 Å². The van der Waals surface area contributed by atoms with Gasteiger partial charge in [0.2, 0.25) is 0 Å². The average Bonchev–Trinajstić information content (AvgIpc) is 2.56. The number of rotatable bonds is 8. The highest BCUT2D eigenvalue weighted by Crippen LogP contribution is 2.20. The van der Waals surface area contributed by atoms with Crippen molar-refractivity contribution in [2.45, 2.75) is 44.6 Å². The lowest BCUT2D eigenvalue weighted by Crippen LogP contribution is -2.47. The van der Waals surface area contributed by atoms with E-state index in [1.807, 2.05) is 6.07 Å². The number of anilines is 1. The van der Waals surface area contributed by atoms with E-state index in [9.17, 15) is 14.7 Å². The van der Waals surface area contributed by atoms with Gasteiger partial charge in [0, 0.05) is 25.8 Å². The summed E-state index contributed by atoms with van der Waals surface area (Å²) in [6.07, 6.45) is 3.28. The van der Waals surface area contributed by atoms with E-state index < -0.39 is 18.0 Å². The second-order valence-electron chi connectivity index (χ2n) is 7.10. The lowest BCUT2D eigenvalue weighted by Gasteiger charge is -2.27. The Morgan fingerprint density at radius 2 is 2.19 bits per heavy atom. The normalized spacial score (nSPS) is 15.3. The van der Waals surface area contributed by atoms with Crippen LogP contribution in [0.4, 0.5) is 10.6 Å². The minimum Gasteiger partial charge on any atom is -0.481 e. The number of carboxylic acid groups (broad SMARTS) is 1. The van der Waals surface area contributed by atoms with Crippen LogP contribution in [-0.4, -0.2) is 64.4 Å². The number of fused-ring (bicyclic) bond motifs is 1. The smallest absolute Gasteiger partial charge is 0.317 e. The second-order valence-corrected chi connectivity index (χ2v) is 7.10. The lowest BCUT2D eigenvalue weighted by molar-refractivity contribution is -0.142. The van der Waals surface area contributed by atoms with Crippen LogP contribution in [0.1, 0.15) is 37.4 Å². The minimum atomic E-state index is -1.46. The molecule has 1 aromatic heterocycles. The molecule has 26 heavy (non-hydrogen) atoms. The number of aliphatic carboxylic acids is 1. The molecule has 1 aromatic rings. The Balaban J connectivity index is 1.72. The van der Waals surface area contributed by atoms with Crippen LogP contribution in [0.3, 0.4) is 0 Å². The molecular weight excluding hydrogens is 336 g/mol. The molecule has 0 bridgehead atoms. The van der Waals surface area contributed by atoms with E-state index in [2.05, 4.69) is 21.7 Å². The zero-order valence-electron chi connectivity index (χ0n) is 15.4. The maximum Gasteiger partial charge on any atom is 0.317 e. The van der Waals surface area contributed by atoms with Gasteiger partial charge in [0.25, 0.3) is 0 Å². The van der Waals surface area contributed by atoms with Crippen LogP contribution in [0.25, 0.3) is 0 Å². The molecule has 4 N–H and O–H groups in total. The first-order valence-electron chi connectivity index (χ1n) is 8.93. The number of pyridine rings is 1. The van der Waals surface area contributed by atoms with Gasteiger partial charge in [-0.25, -0.2) is 9.78 Å². The minimum absolute atomic E-state index is 0.0524. The van der Waals surface area contributed by atoms with E-state index in [-0.39, 0.29) is 12.6 Å². The summed E-state index contributed by atoms with van der Waals surface area (Å²) in [5.41, 5.74) is 0.784. The number of likely N-dealkylation sites (N-methyl/N-ethyl adjacent to an activating group) is 1. The van der Waals surface area contributed by atoms with Crippen LogP contribution >= 0.6 is 0 Å². The van der Waals surface area contributed by atoms with E-state index in [0.717, 1.165) is 43.7 Å². The Morgan fingerprint density at radius 3 is 2.92 bits per heavy atom. The predicted molar refractivity (Wildman–Crippen MR) is 98.3 cm³/mol. The molecule has 144 valence electrons. The van der Waals surface area contributed by atoms with Crippen molar-refractivity contribution < 1.29 is 19.8 Å². The molecule has 0 saturated heterocycles. The van der Waals surface area contributed by atoms with Crippen molar-refractivity contribution in [2.75, 3.05) is 32.0 Å². The molecular formula is C18H28N4O4. The maximum absolute atomic E-state index is 12.0. The molecule has 0 aliphatic carbocycles. The van der Waals surface area contributed by atoms with E-state index in [1.54, 1.807) is 0 Å². The number of aryl methyl sites for hydroxylation is 2.